The number of amides is 3. The Hall–Kier alpha value is -4.43. The van der Waals surface area contributed by atoms with Crippen molar-refractivity contribution in [3.8, 4) is 10.4 Å². The lowest BCUT2D eigenvalue weighted by Gasteiger charge is -2.35. The molecule has 0 aliphatic carbocycles. The predicted molar refractivity (Wildman–Crippen MR) is 283 cm³/mol. The van der Waals surface area contributed by atoms with E-state index in [4.69, 9.17) is 4.84 Å². The number of β-amino-alcohol motifs (C(OH)–C–C–N with tert-alkyl or cyclic N) is 1. The minimum Gasteiger partial charge on any atom is -0.391 e. The van der Waals surface area contributed by atoms with Crippen molar-refractivity contribution in [1.29, 1.82) is 0 Å². The number of Topliss-reactive ketones (excluding diaryl/α,β-unsaturated/α-hetero) is 1. The molecule has 4 aromatic rings. The third kappa shape index (κ3) is 17.6. The number of carbonyl (C=O) groups excluding carboxylic acids is 4. The van der Waals surface area contributed by atoms with Gasteiger partial charge in [0.2, 0.25) is 11.8 Å². The fourth-order valence-electron chi connectivity index (χ4n) is 8.86. The van der Waals surface area contributed by atoms with Gasteiger partial charge in [0.15, 0.2) is 11.6 Å². The number of aromatic nitrogens is 1. The second-order valence-electron chi connectivity index (χ2n) is 19.9. The molecule has 2 heterocycles. The number of halogens is 4. The number of carbonyl (C=O) groups is 4. The molecule has 0 saturated carbocycles. The highest BCUT2D eigenvalue weighted by Crippen LogP contribution is 2.35. The lowest BCUT2D eigenvalue weighted by atomic mass is 9.76. The summed E-state index contributed by atoms with van der Waals surface area (Å²) in [6, 6.07) is 13.0. The summed E-state index contributed by atoms with van der Waals surface area (Å²) in [5, 5.41) is 16.2. The average molecular weight is 1120 g/mol. The normalized spacial score (nSPS) is 15.7. The number of aryl methyl sites for hydroxylation is 1. The standard InChI is InChI=1S/C54H72F3IN6O6S/c1-35(37-19-21-38(22-20-37)50-36(2)59-34-71-50)60-52(68)47-32-41(66)33-64(47)53(69)43(54(3,4)5)31-40(65)18-14-12-10-8-7-9-11-13-15-27-63(6)28-16-17-29-70-62-51(67)42-24-25-44(55)48(57)49(42)61-46-26-23-39(58)30-45(46)56/h19-26,30,34-35,41,43,47,61,66H,7-18,27-29,31-33H2,1-6H3,(H,60,68)(H,62,67)/t35-,41+,43+,47-/m0/s1. The zero-order chi connectivity index (χ0) is 51.7. The number of hydroxylamine groups is 1. The fraction of sp³-hybridized carbons (Fsp3) is 0.537. The fourth-order valence-corrected chi connectivity index (χ4v) is 10.1. The molecule has 0 unspecified atom stereocenters. The second-order valence-corrected chi connectivity index (χ2v) is 22.0. The molecule has 71 heavy (non-hydrogen) atoms. The topological polar surface area (TPSA) is 153 Å². The van der Waals surface area contributed by atoms with Gasteiger partial charge in [-0.1, -0.05) is 90.0 Å². The number of unbranched alkanes of at least 4 members (excludes halogenated alkanes) is 9. The third-order valence-electron chi connectivity index (χ3n) is 13.1. The SMILES string of the molecule is Cc1ncsc1-c1ccc([C@H](C)NC(=O)[C@@H]2C[C@@H](O)CN2C(=O)[C@@H](CC(=O)CCCCCCCCCCCN(C)CCCCONC(=O)c2ccc(F)c(F)c2Nc2ccc(I)cc2F)C(C)(C)C)cc1. The lowest BCUT2D eigenvalue weighted by molar-refractivity contribution is -0.146. The van der Waals surface area contributed by atoms with Crippen LogP contribution in [0.25, 0.3) is 10.4 Å². The van der Waals surface area contributed by atoms with Crippen LogP contribution >= 0.6 is 33.9 Å². The molecular weight excluding hydrogens is 1040 g/mol. The minimum absolute atomic E-state index is 0.0513. The van der Waals surface area contributed by atoms with E-state index in [0.717, 1.165) is 111 Å². The van der Waals surface area contributed by atoms with Crippen LogP contribution < -0.4 is 16.1 Å². The molecule has 17 heteroatoms. The number of benzene rings is 3. The summed E-state index contributed by atoms with van der Waals surface area (Å²) in [5.74, 6) is -5.07. The molecule has 3 aromatic carbocycles. The Labute approximate surface area is 435 Å². The number of nitrogens with zero attached hydrogens (tertiary/aromatic N) is 3. The monoisotopic (exact) mass is 1120 g/mol. The molecule has 4 N–H and O–H groups in total. The highest BCUT2D eigenvalue weighted by Gasteiger charge is 2.44. The maximum absolute atomic E-state index is 14.7. The maximum Gasteiger partial charge on any atom is 0.277 e. The number of likely N-dealkylation sites (tertiary alicyclic amines) is 1. The van der Waals surface area contributed by atoms with E-state index in [0.29, 0.717) is 16.4 Å². The van der Waals surface area contributed by atoms with Gasteiger partial charge in [-0.15, -0.1) is 11.3 Å². The van der Waals surface area contributed by atoms with E-state index in [1.54, 1.807) is 17.4 Å². The third-order valence-corrected chi connectivity index (χ3v) is 14.8. The number of anilines is 2. The summed E-state index contributed by atoms with van der Waals surface area (Å²) in [4.78, 5) is 68.4. The number of hydrogen-bond acceptors (Lipinski definition) is 10. The first-order valence-corrected chi connectivity index (χ1v) is 26.9. The van der Waals surface area contributed by atoms with Gasteiger partial charge in [0.05, 0.1) is 51.8 Å². The van der Waals surface area contributed by atoms with Gasteiger partial charge in [0.25, 0.3) is 5.91 Å². The first-order valence-electron chi connectivity index (χ1n) is 25.0. The van der Waals surface area contributed by atoms with Gasteiger partial charge in [-0.2, -0.15) is 0 Å². The second kappa shape index (κ2) is 28.1. The van der Waals surface area contributed by atoms with E-state index in [1.807, 2.05) is 87.0 Å². The van der Waals surface area contributed by atoms with Crippen LogP contribution in [0.5, 0.6) is 0 Å². The zero-order valence-electron chi connectivity index (χ0n) is 42.1. The molecule has 0 bridgehead atoms. The van der Waals surface area contributed by atoms with E-state index >= 15 is 0 Å². The summed E-state index contributed by atoms with van der Waals surface area (Å²) in [6.45, 7) is 11.9. The van der Waals surface area contributed by atoms with Gasteiger partial charge >= 0.3 is 0 Å². The Morgan fingerprint density at radius 3 is 2.18 bits per heavy atom. The van der Waals surface area contributed by atoms with Gasteiger partial charge in [0.1, 0.15) is 17.6 Å². The number of rotatable bonds is 28. The number of aliphatic hydroxyl groups excluding tert-OH is 1. The predicted octanol–water partition coefficient (Wildman–Crippen LogP) is 11.6. The van der Waals surface area contributed by atoms with Crippen LogP contribution in [0.2, 0.25) is 0 Å². The Kier molecular flexibility index (Phi) is 22.8. The van der Waals surface area contributed by atoms with Crippen molar-refractivity contribution >= 4 is 68.8 Å². The molecule has 0 spiro atoms. The van der Waals surface area contributed by atoms with Crippen LogP contribution in [0.1, 0.15) is 145 Å². The molecule has 5 rings (SSSR count). The van der Waals surface area contributed by atoms with E-state index in [9.17, 15) is 37.5 Å². The summed E-state index contributed by atoms with van der Waals surface area (Å²) >= 11 is 3.51. The van der Waals surface area contributed by atoms with Crippen LogP contribution in [0.3, 0.4) is 0 Å². The molecular formula is C54H72F3IN6O6S. The molecule has 388 valence electrons. The molecule has 1 saturated heterocycles. The van der Waals surface area contributed by atoms with E-state index < -0.39 is 52.5 Å². The van der Waals surface area contributed by atoms with Crippen LogP contribution in [0.15, 0.2) is 60.1 Å². The Morgan fingerprint density at radius 2 is 1.55 bits per heavy atom. The van der Waals surface area contributed by atoms with Crippen LogP contribution in [-0.4, -0.2) is 88.8 Å². The van der Waals surface area contributed by atoms with Gasteiger partial charge in [0, 0.05) is 35.3 Å². The molecule has 1 aromatic heterocycles. The van der Waals surface area contributed by atoms with E-state index in [2.05, 4.69) is 33.0 Å². The van der Waals surface area contributed by atoms with Crippen LogP contribution in [-0.2, 0) is 19.2 Å². The lowest BCUT2D eigenvalue weighted by Crippen LogP contribution is -2.50. The number of ketones is 1. The smallest absolute Gasteiger partial charge is 0.277 e. The van der Waals surface area contributed by atoms with E-state index in [-0.39, 0.29) is 60.9 Å². The summed E-state index contributed by atoms with van der Waals surface area (Å²) in [7, 11) is 2.08. The van der Waals surface area contributed by atoms with Crippen molar-refractivity contribution in [1.82, 2.24) is 25.6 Å². The van der Waals surface area contributed by atoms with Crippen molar-refractivity contribution in [2.24, 2.45) is 11.3 Å². The van der Waals surface area contributed by atoms with Crippen molar-refractivity contribution in [2.45, 2.75) is 143 Å². The van der Waals surface area contributed by atoms with Crippen molar-refractivity contribution in [2.75, 3.05) is 38.6 Å². The zero-order valence-corrected chi connectivity index (χ0v) is 45.0. The van der Waals surface area contributed by atoms with Crippen LogP contribution in [0.4, 0.5) is 24.5 Å². The summed E-state index contributed by atoms with van der Waals surface area (Å²) in [6.07, 6.45) is 11.0. The molecule has 3 amide bonds. The Bertz CT molecular complexity index is 2380. The number of nitrogens with one attached hydrogen (secondary N) is 3. The quantitative estimate of drug-likeness (QED) is 0.0247. The minimum atomic E-state index is -1.30. The average Bonchev–Trinajstić information content (AvgIpc) is 3.95. The van der Waals surface area contributed by atoms with Gasteiger partial charge in [-0.25, -0.2) is 23.6 Å². The van der Waals surface area contributed by atoms with Gasteiger partial charge < -0.3 is 25.5 Å². The van der Waals surface area contributed by atoms with Crippen molar-refractivity contribution in [3.63, 3.8) is 0 Å². The largest absolute Gasteiger partial charge is 0.391 e. The summed E-state index contributed by atoms with van der Waals surface area (Å²) in [5.41, 5.74) is 5.74. The van der Waals surface area contributed by atoms with Crippen molar-refractivity contribution in [3.05, 3.63) is 98.0 Å². The Balaban J connectivity index is 0.898. The maximum atomic E-state index is 14.7. The highest BCUT2D eigenvalue weighted by atomic mass is 127. The van der Waals surface area contributed by atoms with Gasteiger partial charge in [-0.3, -0.25) is 24.0 Å². The first kappa shape index (κ1) is 57.5. The molecule has 0 radical (unpaired) electrons. The highest BCUT2D eigenvalue weighted by molar-refractivity contribution is 14.1. The van der Waals surface area contributed by atoms with Gasteiger partial charge in [-0.05, 0) is 129 Å². The Morgan fingerprint density at radius 1 is 0.901 bits per heavy atom. The molecule has 4 atom stereocenters. The molecule has 12 nitrogen and oxygen atoms in total. The number of aliphatic hydroxyl groups is 1. The number of thiazole rings is 1. The first-order chi connectivity index (χ1) is 33.8. The molecule has 1 fully saturated rings. The molecule has 1 aliphatic heterocycles. The summed E-state index contributed by atoms with van der Waals surface area (Å²) < 4.78 is 43.8. The number of hydrogen-bond donors (Lipinski definition) is 4. The van der Waals surface area contributed by atoms with Crippen LogP contribution in [0, 0.1) is 39.3 Å². The molecule has 1 aliphatic rings. The van der Waals surface area contributed by atoms with Crippen molar-refractivity contribution < 1.29 is 42.3 Å². The van der Waals surface area contributed by atoms with E-state index in [1.165, 1.54) is 17.0 Å².